The van der Waals surface area contributed by atoms with Gasteiger partial charge in [0, 0.05) is 31.4 Å². The lowest BCUT2D eigenvalue weighted by Crippen LogP contribution is -2.22. The van der Waals surface area contributed by atoms with Gasteiger partial charge in [-0.05, 0) is 18.2 Å². The van der Waals surface area contributed by atoms with Crippen LogP contribution in [0, 0.1) is 11.3 Å². The average Bonchev–Trinajstić information content (AvgIpc) is 2.92. The van der Waals surface area contributed by atoms with Gasteiger partial charge in [0.25, 0.3) is 0 Å². The van der Waals surface area contributed by atoms with Gasteiger partial charge in [-0.3, -0.25) is 10.00 Å². The minimum atomic E-state index is -0.416. The molecule has 2 aromatic rings. The highest BCUT2D eigenvalue weighted by Gasteiger charge is 2.10. The monoisotopic (exact) mass is 332 g/mol. The van der Waals surface area contributed by atoms with E-state index in [1.807, 2.05) is 31.1 Å². The van der Waals surface area contributed by atoms with Gasteiger partial charge in [-0.15, -0.1) is 0 Å². The Hall–Kier alpha value is -2.72. The summed E-state index contributed by atoms with van der Waals surface area (Å²) in [5.41, 5.74) is 1.44. The summed E-state index contributed by atoms with van der Waals surface area (Å²) < 4.78 is 1.60. The van der Waals surface area contributed by atoms with Crippen LogP contribution in [0.1, 0.15) is 6.42 Å². The largest absolute Gasteiger partial charge is 0.376 e. The van der Waals surface area contributed by atoms with Crippen LogP contribution < -0.4 is 15.5 Å². The molecule has 120 valence electrons. The third-order valence-corrected chi connectivity index (χ3v) is 3.26. The molecule has 0 spiro atoms. The van der Waals surface area contributed by atoms with Crippen molar-refractivity contribution in [1.82, 2.24) is 9.78 Å². The summed E-state index contributed by atoms with van der Waals surface area (Å²) in [6.07, 6.45) is 2.07. The van der Waals surface area contributed by atoms with Crippen molar-refractivity contribution in [2.24, 2.45) is 0 Å². The van der Waals surface area contributed by atoms with Gasteiger partial charge in [0.2, 0.25) is 0 Å². The molecule has 2 rings (SSSR count). The van der Waals surface area contributed by atoms with Crippen LogP contribution in [0.25, 0.3) is 0 Å². The number of nitriles is 1. The van der Waals surface area contributed by atoms with Crippen molar-refractivity contribution in [3.05, 3.63) is 35.5 Å². The van der Waals surface area contributed by atoms with E-state index in [0.717, 1.165) is 5.69 Å². The smallest absolute Gasteiger partial charge is 0.324 e. The zero-order chi connectivity index (χ0) is 16.8. The number of benzene rings is 1. The lowest BCUT2D eigenvalue weighted by Gasteiger charge is -2.18. The lowest BCUT2D eigenvalue weighted by atomic mass is 10.2. The van der Waals surface area contributed by atoms with Gasteiger partial charge in [0.05, 0.1) is 30.4 Å². The zero-order valence-electron chi connectivity index (χ0n) is 12.9. The van der Waals surface area contributed by atoms with Crippen molar-refractivity contribution in [2.45, 2.75) is 13.0 Å². The fourth-order valence-corrected chi connectivity index (χ4v) is 2.16. The van der Waals surface area contributed by atoms with Gasteiger partial charge >= 0.3 is 6.03 Å². The van der Waals surface area contributed by atoms with E-state index in [4.69, 9.17) is 16.9 Å². The molecule has 7 nitrogen and oxygen atoms in total. The Labute approximate surface area is 139 Å². The van der Waals surface area contributed by atoms with E-state index in [-0.39, 0.29) is 0 Å². The Balaban J connectivity index is 2.04. The number of aromatic nitrogens is 2. The van der Waals surface area contributed by atoms with Crippen molar-refractivity contribution in [3.8, 4) is 6.07 Å². The maximum Gasteiger partial charge on any atom is 0.324 e. The molecule has 1 heterocycles. The number of carbonyl (C=O) groups is 1. The number of hydrogen-bond acceptors (Lipinski definition) is 4. The molecular weight excluding hydrogens is 316 g/mol. The molecule has 0 unspecified atom stereocenters. The van der Waals surface area contributed by atoms with Gasteiger partial charge in [-0.1, -0.05) is 11.6 Å². The molecular formula is C15H17ClN6O. The van der Waals surface area contributed by atoms with Crippen molar-refractivity contribution in [3.63, 3.8) is 0 Å². The van der Waals surface area contributed by atoms with Crippen LogP contribution in [-0.2, 0) is 6.54 Å². The molecule has 0 aliphatic carbocycles. The fraction of sp³-hybridized carbons (Fsp3) is 0.267. The minimum absolute atomic E-state index is 0.363. The summed E-state index contributed by atoms with van der Waals surface area (Å²) in [4.78, 5) is 14.0. The molecule has 0 radical (unpaired) electrons. The van der Waals surface area contributed by atoms with Gasteiger partial charge < -0.3 is 10.2 Å². The van der Waals surface area contributed by atoms with Crippen molar-refractivity contribution in [2.75, 3.05) is 29.6 Å². The van der Waals surface area contributed by atoms with Gasteiger partial charge in [0.15, 0.2) is 5.82 Å². The number of anilines is 3. The number of amides is 2. The summed E-state index contributed by atoms with van der Waals surface area (Å²) in [5, 5.41) is 18.6. The maximum absolute atomic E-state index is 12.1. The molecule has 0 bridgehead atoms. The SMILES string of the molecule is CN(C)c1ccc(Cl)cc1NC(=O)Nc1ccn(CCC#N)n1. The molecule has 0 aliphatic rings. The van der Waals surface area contributed by atoms with Crippen LogP contribution in [0.4, 0.5) is 22.0 Å². The number of nitrogens with zero attached hydrogens (tertiary/aromatic N) is 4. The standard InChI is InChI=1S/C15H17ClN6O/c1-21(2)13-5-4-11(16)10-12(13)18-15(23)19-14-6-9-22(20-14)8-3-7-17/h4-6,9-10H,3,8H2,1-2H3,(H2,18,19,20,23). The van der Waals surface area contributed by atoms with E-state index >= 15 is 0 Å². The Morgan fingerprint density at radius 1 is 1.39 bits per heavy atom. The molecule has 2 N–H and O–H groups in total. The van der Waals surface area contributed by atoms with Crippen LogP contribution >= 0.6 is 11.6 Å². The summed E-state index contributed by atoms with van der Waals surface area (Å²) in [7, 11) is 3.76. The summed E-state index contributed by atoms with van der Waals surface area (Å²) >= 11 is 5.98. The van der Waals surface area contributed by atoms with E-state index < -0.39 is 6.03 Å². The van der Waals surface area contributed by atoms with E-state index in [0.29, 0.717) is 29.5 Å². The number of urea groups is 1. The first-order valence-electron chi connectivity index (χ1n) is 6.95. The molecule has 0 aliphatic heterocycles. The highest BCUT2D eigenvalue weighted by atomic mass is 35.5. The minimum Gasteiger partial charge on any atom is -0.376 e. The number of halogens is 1. The molecule has 2 amide bonds. The summed E-state index contributed by atoms with van der Waals surface area (Å²) in [6, 6.07) is 8.57. The topological polar surface area (TPSA) is 86.0 Å². The summed E-state index contributed by atoms with van der Waals surface area (Å²) in [6.45, 7) is 0.485. The normalized spacial score (nSPS) is 10.0. The first-order valence-corrected chi connectivity index (χ1v) is 7.32. The predicted octanol–water partition coefficient (Wildman–Crippen LogP) is 3.16. The van der Waals surface area contributed by atoms with E-state index in [1.54, 1.807) is 29.1 Å². The highest BCUT2D eigenvalue weighted by molar-refractivity contribution is 6.31. The number of hydrogen-bond donors (Lipinski definition) is 2. The van der Waals surface area contributed by atoms with Crippen LogP contribution in [0.3, 0.4) is 0 Å². The molecule has 1 aromatic heterocycles. The van der Waals surface area contributed by atoms with Crippen LogP contribution in [0.2, 0.25) is 5.02 Å². The number of aryl methyl sites for hydroxylation is 1. The lowest BCUT2D eigenvalue weighted by molar-refractivity contribution is 0.262. The predicted molar refractivity (Wildman–Crippen MR) is 90.9 cm³/mol. The molecule has 8 heteroatoms. The summed E-state index contributed by atoms with van der Waals surface area (Å²) in [5.74, 6) is 0.411. The van der Waals surface area contributed by atoms with Gasteiger partial charge in [-0.25, -0.2) is 4.79 Å². The Bertz CT molecular complexity index is 734. The third kappa shape index (κ3) is 4.63. The van der Waals surface area contributed by atoms with Crippen LogP contribution in [0.15, 0.2) is 30.5 Å². The molecule has 0 saturated carbocycles. The molecule has 23 heavy (non-hydrogen) atoms. The third-order valence-electron chi connectivity index (χ3n) is 3.02. The quantitative estimate of drug-likeness (QED) is 0.880. The van der Waals surface area contributed by atoms with Crippen molar-refractivity contribution in [1.29, 1.82) is 5.26 Å². The van der Waals surface area contributed by atoms with Gasteiger partial charge in [-0.2, -0.15) is 10.4 Å². The molecule has 0 fully saturated rings. The number of nitrogens with one attached hydrogen (secondary N) is 2. The first-order chi connectivity index (χ1) is 11.0. The second kappa shape index (κ2) is 7.51. The van der Waals surface area contributed by atoms with Crippen molar-refractivity contribution < 1.29 is 4.79 Å². The van der Waals surface area contributed by atoms with E-state index in [9.17, 15) is 4.79 Å². The van der Waals surface area contributed by atoms with Crippen molar-refractivity contribution >= 4 is 34.8 Å². The fourth-order valence-electron chi connectivity index (χ4n) is 1.99. The van der Waals surface area contributed by atoms with E-state index in [2.05, 4.69) is 15.7 Å². The second-order valence-electron chi connectivity index (χ2n) is 5.01. The molecule has 0 atom stereocenters. The Morgan fingerprint density at radius 2 is 2.17 bits per heavy atom. The second-order valence-corrected chi connectivity index (χ2v) is 5.44. The van der Waals surface area contributed by atoms with Gasteiger partial charge in [0.1, 0.15) is 0 Å². The van der Waals surface area contributed by atoms with Crippen LogP contribution in [-0.4, -0.2) is 29.9 Å². The van der Waals surface area contributed by atoms with Crippen LogP contribution in [0.5, 0.6) is 0 Å². The maximum atomic E-state index is 12.1. The first kappa shape index (κ1) is 16.6. The highest BCUT2D eigenvalue weighted by Crippen LogP contribution is 2.27. The Morgan fingerprint density at radius 3 is 2.87 bits per heavy atom. The number of rotatable bonds is 5. The molecule has 1 aromatic carbocycles. The Kier molecular flexibility index (Phi) is 5.44. The molecule has 0 saturated heterocycles. The van der Waals surface area contributed by atoms with E-state index in [1.165, 1.54) is 0 Å². The number of carbonyl (C=O) groups excluding carboxylic acids is 1. The average molecular weight is 333 g/mol. The zero-order valence-corrected chi connectivity index (χ0v) is 13.6.